The Balaban J connectivity index is 2.48. The molecule has 0 aliphatic heterocycles. The van der Waals surface area contributed by atoms with Gasteiger partial charge in [-0.3, -0.25) is 9.59 Å². The summed E-state index contributed by atoms with van der Waals surface area (Å²) in [5.41, 5.74) is 2.58. The van der Waals surface area contributed by atoms with Crippen LogP contribution in [0.5, 0.6) is 17.2 Å². The molecule has 0 aromatic heterocycles. The van der Waals surface area contributed by atoms with Gasteiger partial charge >= 0.3 is 5.97 Å². The van der Waals surface area contributed by atoms with Gasteiger partial charge in [0.15, 0.2) is 23.4 Å². The summed E-state index contributed by atoms with van der Waals surface area (Å²) in [5.74, 6) is 1.09. The van der Waals surface area contributed by atoms with E-state index < -0.39 is 12.1 Å². The first-order valence-electron chi connectivity index (χ1n) is 10.8. The third-order valence-corrected chi connectivity index (χ3v) is 6.46. The second kappa shape index (κ2) is 9.77. The van der Waals surface area contributed by atoms with Gasteiger partial charge in [0, 0.05) is 23.6 Å². The van der Waals surface area contributed by atoms with Crippen LogP contribution in [0.3, 0.4) is 0 Å². The maximum Gasteiger partial charge on any atom is 0.303 e. The van der Waals surface area contributed by atoms with Gasteiger partial charge in [-0.15, -0.1) is 0 Å². The van der Waals surface area contributed by atoms with Crippen LogP contribution in [0.15, 0.2) is 23.2 Å². The van der Waals surface area contributed by atoms with Crippen molar-refractivity contribution in [3.05, 3.63) is 34.3 Å². The lowest BCUT2D eigenvalue weighted by molar-refractivity contribution is -0.144. The molecule has 0 amide bonds. The number of benzene rings is 1. The van der Waals surface area contributed by atoms with Gasteiger partial charge in [0.05, 0.1) is 35.5 Å². The standard InChI is InChI=1S/C25H32O8/c1-12-9-15-11-17(28-4)21(29-5)22(30-6)18(15)19-16(10-13(12)2)20(27)24(31-7)25(32-8)23(19)33-14(3)26/h11-13,23H,9-10H2,1-8H3/t12-,13+,23?/m1/s1. The smallest absolute Gasteiger partial charge is 0.303 e. The van der Waals surface area contributed by atoms with Crippen LogP contribution in [0.25, 0.3) is 5.57 Å². The zero-order chi connectivity index (χ0) is 24.4. The maximum absolute atomic E-state index is 13.6. The van der Waals surface area contributed by atoms with Crippen LogP contribution < -0.4 is 14.2 Å². The van der Waals surface area contributed by atoms with E-state index in [1.54, 1.807) is 7.11 Å². The van der Waals surface area contributed by atoms with Gasteiger partial charge in [-0.05, 0) is 36.3 Å². The molecule has 3 atom stereocenters. The molecule has 8 heteroatoms. The van der Waals surface area contributed by atoms with Crippen LogP contribution in [-0.4, -0.2) is 53.4 Å². The molecule has 0 heterocycles. The van der Waals surface area contributed by atoms with E-state index in [1.165, 1.54) is 35.4 Å². The predicted octanol–water partition coefficient (Wildman–Crippen LogP) is 3.70. The number of rotatable bonds is 6. The number of hydrogen-bond donors (Lipinski definition) is 0. The van der Waals surface area contributed by atoms with Gasteiger partial charge in [-0.25, -0.2) is 0 Å². The Labute approximate surface area is 194 Å². The molecule has 0 N–H and O–H groups in total. The molecule has 2 aliphatic carbocycles. The largest absolute Gasteiger partial charge is 0.493 e. The molecule has 2 aliphatic rings. The number of carbonyl (C=O) groups is 2. The van der Waals surface area contributed by atoms with Gasteiger partial charge in [-0.1, -0.05) is 13.8 Å². The van der Waals surface area contributed by atoms with Crippen molar-refractivity contribution < 1.29 is 38.0 Å². The summed E-state index contributed by atoms with van der Waals surface area (Å²) in [6, 6.07) is 1.90. The van der Waals surface area contributed by atoms with Crippen LogP contribution in [0.2, 0.25) is 0 Å². The van der Waals surface area contributed by atoms with Crippen molar-refractivity contribution in [3.8, 4) is 17.2 Å². The lowest BCUT2D eigenvalue weighted by atomic mass is 9.73. The molecule has 1 unspecified atom stereocenters. The molecule has 33 heavy (non-hydrogen) atoms. The molecular formula is C25H32O8. The molecule has 8 nitrogen and oxygen atoms in total. The Morgan fingerprint density at radius 3 is 2.03 bits per heavy atom. The predicted molar refractivity (Wildman–Crippen MR) is 121 cm³/mol. The first kappa shape index (κ1) is 24.5. The van der Waals surface area contributed by atoms with Crippen LogP contribution in [-0.2, 0) is 30.2 Å². The number of Topliss-reactive ketones (excluding diaryl/α,β-unsaturated/α-hetero) is 1. The lowest BCUT2D eigenvalue weighted by Crippen LogP contribution is -2.34. The Morgan fingerprint density at radius 2 is 1.52 bits per heavy atom. The molecule has 0 spiro atoms. The molecule has 0 saturated carbocycles. The normalized spacial score (nSPS) is 22.5. The van der Waals surface area contributed by atoms with Crippen molar-refractivity contribution in [2.45, 2.75) is 39.7 Å². The summed E-state index contributed by atoms with van der Waals surface area (Å²) in [5, 5.41) is 0. The number of esters is 1. The highest BCUT2D eigenvalue weighted by atomic mass is 16.6. The SMILES string of the molecule is COC1=C(OC)C(OC(C)=O)C2=C(C[C@H](C)[C@H](C)Cc3cc(OC)c(OC)c(OC)c32)C1=O. The van der Waals surface area contributed by atoms with Crippen LogP contribution in [0.1, 0.15) is 38.3 Å². The third-order valence-electron chi connectivity index (χ3n) is 6.46. The minimum absolute atomic E-state index is 0.0314. The van der Waals surface area contributed by atoms with Crippen LogP contribution in [0.4, 0.5) is 0 Å². The highest BCUT2D eigenvalue weighted by Crippen LogP contribution is 2.51. The fraction of sp³-hybridized carbons (Fsp3) is 0.520. The van der Waals surface area contributed by atoms with Crippen molar-refractivity contribution in [1.29, 1.82) is 0 Å². The Morgan fingerprint density at radius 1 is 0.879 bits per heavy atom. The third kappa shape index (κ3) is 4.14. The zero-order valence-electron chi connectivity index (χ0n) is 20.5. The molecule has 1 aromatic rings. The van der Waals surface area contributed by atoms with E-state index in [2.05, 4.69) is 13.8 Å². The molecule has 180 valence electrons. The fourth-order valence-electron chi connectivity index (χ4n) is 4.67. The van der Waals surface area contributed by atoms with Gasteiger partial charge in [0.1, 0.15) is 0 Å². The second-order valence-corrected chi connectivity index (χ2v) is 8.35. The average Bonchev–Trinajstić information content (AvgIpc) is 2.78. The van der Waals surface area contributed by atoms with E-state index in [-0.39, 0.29) is 29.1 Å². The lowest BCUT2D eigenvalue weighted by Gasteiger charge is -2.35. The van der Waals surface area contributed by atoms with Gasteiger partial charge in [-0.2, -0.15) is 0 Å². The van der Waals surface area contributed by atoms with Crippen molar-refractivity contribution in [1.82, 2.24) is 0 Å². The van der Waals surface area contributed by atoms with E-state index in [9.17, 15) is 9.59 Å². The Hall–Kier alpha value is -3.16. The number of methoxy groups -OCH3 is 5. The Kier molecular flexibility index (Phi) is 7.25. The van der Waals surface area contributed by atoms with Crippen molar-refractivity contribution in [2.24, 2.45) is 11.8 Å². The fourth-order valence-corrected chi connectivity index (χ4v) is 4.67. The highest BCUT2D eigenvalue weighted by molar-refractivity contribution is 6.15. The minimum Gasteiger partial charge on any atom is -0.493 e. The van der Waals surface area contributed by atoms with E-state index in [0.717, 1.165) is 5.56 Å². The van der Waals surface area contributed by atoms with Gasteiger partial charge in [0.25, 0.3) is 0 Å². The molecule has 3 rings (SSSR count). The van der Waals surface area contributed by atoms with Crippen molar-refractivity contribution in [3.63, 3.8) is 0 Å². The number of fused-ring (bicyclic) bond motifs is 2. The molecule has 0 bridgehead atoms. The first-order valence-corrected chi connectivity index (χ1v) is 10.8. The first-order chi connectivity index (χ1) is 15.7. The Bertz CT molecular complexity index is 1020. The van der Waals surface area contributed by atoms with Crippen molar-refractivity contribution >= 4 is 17.3 Å². The number of hydrogen-bond acceptors (Lipinski definition) is 8. The summed E-state index contributed by atoms with van der Waals surface area (Å²) in [4.78, 5) is 25.8. The summed E-state index contributed by atoms with van der Waals surface area (Å²) in [7, 11) is 7.44. The summed E-state index contributed by atoms with van der Waals surface area (Å²) in [6.07, 6.45) is 0.198. The van der Waals surface area contributed by atoms with E-state index in [1.807, 2.05) is 6.07 Å². The number of ether oxygens (including phenoxy) is 6. The summed E-state index contributed by atoms with van der Waals surface area (Å²) >= 11 is 0. The van der Waals surface area contributed by atoms with Crippen molar-refractivity contribution in [2.75, 3.05) is 35.5 Å². The quantitative estimate of drug-likeness (QED) is 0.594. The van der Waals surface area contributed by atoms with Gasteiger partial charge < -0.3 is 28.4 Å². The highest BCUT2D eigenvalue weighted by Gasteiger charge is 2.44. The molecule has 1 aromatic carbocycles. The van der Waals surface area contributed by atoms with E-state index >= 15 is 0 Å². The molecule has 0 saturated heterocycles. The monoisotopic (exact) mass is 460 g/mol. The zero-order valence-corrected chi connectivity index (χ0v) is 20.5. The maximum atomic E-state index is 13.6. The summed E-state index contributed by atoms with van der Waals surface area (Å²) < 4.78 is 33.8. The minimum atomic E-state index is -0.985. The van der Waals surface area contributed by atoms with Crippen LogP contribution in [0, 0.1) is 11.8 Å². The average molecular weight is 461 g/mol. The molecule has 0 radical (unpaired) electrons. The number of allylic oxidation sites excluding steroid dienone is 1. The number of carbonyl (C=O) groups excluding carboxylic acids is 2. The van der Waals surface area contributed by atoms with Crippen LogP contribution >= 0.6 is 0 Å². The number of ketones is 1. The molecular weight excluding hydrogens is 428 g/mol. The summed E-state index contributed by atoms with van der Waals surface area (Å²) in [6.45, 7) is 5.57. The molecule has 0 fully saturated rings. The topological polar surface area (TPSA) is 89.5 Å². The van der Waals surface area contributed by atoms with Gasteiger partial charge in [0.2, 0.25) is 17.3 Å². The van der Waals surface area contributed by atoms with E-state index in [4.69, 9.17) is 28.4 Å². The second-order valence-electron chi connectivity index (χ2n) is 8.35. The van der Waals surface area contributed by atoms with E-state index in [0.29, 0.717) is 46.8 Å².